The maximum atomic E-state index is 5.87. The first-order valence-electron chi connectivity index (χ1n) is 7.01. The summed E-state index contributed by atoms with van der Waals surface area (Å²) in [4.78, 5) is 9.39. The summed E-state index contributed by atoms with van der Waals surface area (Å²) >= 11 is 0. The molecular weight excluding hydrogens is 236 g/mol. The first-order valence-corrected chi connectivity index (χ1v) is 7.01. The van der Waals surface area contributed by atoms with Gasteiger partial charge in [-0.05, 0) is 17.5 Å². The molecule has 0 aromatic carbocycles. The van der Waals surface area contributed by atoms with Crippen molar-refractivity contribution in [1.29, 1.82) is 0 Å². The highest BCUT2D eigenvalue weighted by atomic mass is 16.4. The van der Waals surface area contributed by atoms with Crippen LogP contribution in [0, 0.1) is 0 Å². The van der Waals surface area contributed by atoms with Crippen molar-refractivity contribution < 1.29 is 4.42 Å². The smallest absolute Gasteiger partial charge is 0.197 e. The third-order valence-electron chi connectivity index (χ3n) is 3.66. The van der Waals surface area contributed by atoms with Gasteiger partial charge in [0, 0.05) is 18.0 Å². The third-order valence-corrected chi connectivity index (χ3v) is 3.66. The average molecular weight is 256 g/mol. The lowest BCUT2D eigenvalue weighted by Gasteiger charge is -2.15. The molecule has 2 aromatic heterocycles. The molecule has 0 radical (unpaired) electrons. The second kappa shape index (κ2) is 4.48. The molecule has 0 fully saturated rings. The molecule has 3 rings (SSSR count). The summed E-state index contributed by atoms with van der Waals surface area (Å²) in [6.07, 6.45) is 1.64. The highest BCUT2D eigenvalue weighted by molar-refractivity contribution is 5.37. The maximum Gasteiger partial charge on any atom is 0.197 e. The van der Waals surface area contributed by atoms with Crippen molar-refractivity contribution in [1.82, 2.24) is 9.97 Å². The topological polar surface area (TPSA) is 38.9 Å². The van der Waals surface area contributed by atoms with Gasteiger partial charge in [0.1, 0.15) is 5.76 Å². The van der Waals surface area contributed by atoms with E-state index in [-0.39, 0.29) is 0 Å². The monoisotopic (exact) mass is 256 g/mol. The van der Waals surface area contributed by atoms with E-state index in [0.717, 1.165) is 41.6 Å². The number of hydrogen-bond acceptors (Lipinski definition) is 3. The van der Waals surface area contributed by atoms with Gasteiger partial charge in [0.05, 0.1) is 17.8 Å². The van der Waals surface area contributed by atoms with Gasteiger partial charge in [-0.25, -0.2) is 4.98 Å². The molecule has 0 saturated carbocycles. The van der Waals surface area contributed by atoms with Crippen molar-refractivity contribution in [2.45, 2.75) is 52.4 Å². The Balaban J connectivity index is 1.97. The van der Waals surface area contributed by atoms with E-state index in [1.807, 2.05) is 0 Å². The van der Waals surface area contributed by atoms with Gasteiger partial charge >= 0.3 is 0 Å². The minimum atomic E-state index is 0.341. The minimum absolute atomic E-state index is 0.341. The summed E-state index contributed by atoms with van der Waals surface area (Å²) in [6, 6.07) is 4.34. The van der Waals surface area contributed by atoms with Crippen LogP contribution in [0.25, 0.3) is 0 Å². The van der Waals surface area contributed by atoms with Crippen LogP contribution in [0.5, 0.6) is 0 Å². The van der Waals surface area contributed by atoms with E-state index in [9.17, 15) is 0 Å². The highest BCUT2D eigenvalue weighted by Gasteiger charge is 2.23. The van der Waals surface area contributed by atoms with E-state index >= 15 is 0 Å². The van der Waals surface area contributed by atoms with Crippen LogP contribution in [0.15, 0.2) is 16.5 Å². The lowest BCUT2D eigenvalue weighted by Crippen LogP contribution is -2.10. The van der Waals surface area contributed by atoms with Gasteiger partial charge < -0.3 is 4.42 Å². The molecule has 0 amide bonds. The maximum absolute atomic E-state index is 5.87. The lowest BCUT2D eigenvalue weighted by molar-refractivity contribution is 0.439. The van der Waals surface area contributed by atoms with Crippen molar-refractivity contribution in [2.24, 2.45) is 0 Å². The number of nitrogens with zero attached hydrogens (tertiary/aromatic N) is 2. The lowest BCUT2D eigenvalue weighted by atomic mass is 9.96. The zero-order valence-corrected chi connectivity index (χ0v) is 12.0. The molecule has 2 heterocycles. The molecule has 2 aromatic rings. The Kier molecular flexibility index (Phi) is 2.92. The molecule has 0 unspecified atom stereocenters. The molecule has 3 heteroatoms. The summed E-state index contributed by atoms with van der Waals surface area (Å²) in [7, 11) is 0. The molecule has 0 N–H and O–H groups in total. The Labute approximate surface area is 114 Å². The molecule has 1 aliphatic carbocycles. The normalized spacial score (nSPS) is 13.8. The second-order valence-corrected chi connectivity index (χ2v) is 5.93. The molecule has 3 nitrogen and oxygen atoms in total. The van der Waals surface area contributed by atoms with E-state index in [0.29, 0.717) is 11.8 Å². The number of oxazole rings is 1. The van der Waals surface area contributed by atoms with Crippen LogP contribution in [0.3, 0.4) is 0 Å². The van der Waals surface area contributed by atoms with Crippen LogP contribution in [0.4, 0.5) is 0 Å². The van der Waals surface area contributed by atoms with Gasteiger partial charge in [-0.3, -0.25) is 4.98 Å². The first-order chi connectivity index (χ1) is 9.04. The molecule has 100 valence electrons. The molecule has 1 aliphatic rings. The van der Waals surface area contributed by atoms with E-state index < -0.39 is 0 Å². The summed E-state index contributed by atoms with van der Waals surface area (Å²) in [5.74, 6) is 2.66. The summed E-state index contributed by atoms with van der Waals surface area (Å²) in [5, 5.41) is 0. The average Bonchev–Trinajstić information content (AvgIpc) is 2.78. The van der Waals surface area contributed by atoms with E-state index in [2.05, 4.69) is 44.8 Å². The van der Waals surface area contributed by atoms with Crippen LogP contribution in [-0.2, 0) is 12.8 Å². The Bertz CT molecular complexity index is 611. The van der Waals surface area contributed by atoms with E-state index in [1.165, 1.54) is 5.56 Å². The Morgan fingerprint density at radius 1 is 0.947 bits per heavy atom. The number of aromatic nitrogens is 2. The van der Waals surface area contributed by atoms with Gasteiger partial charge in [-0.2, -0.15) is 0 Å². The van der Waals surface area contributed by atoms with E-state index in [4.69, 9.17) is 9.40 Å². The Hall–Kier alpha value is -1.64. The number of hydrogen-bond donors (Lipinski definition) is 0. The molecule has 0 atom stereocenters. The fraction of sp³-hybridized carbons (Fsp3) is 0.500. The first kappa shape index (κ1) is 12.4. The van der Waals surface area contributed by atoms with Crippen LogP contribution in [0.2, 0.25) is 0 Å². The van der Waals surface area contributed by atoms with Crippen molar-refractivity contribution in [3.05, 3.63) is 46.4 Å². The number of rotatable bonds is 2. The Morgan fingerprint density at radius 2 is 1.74 bits per heavy atom. The molecule has 0 bridgehead atoms. The van der Waals surface area contributed by atoms with Crippen molar-refractivity contribution in [2.75, 3.05) is 0 Å². The van der Waals surface area contributed by atoms with Gasteiger partial charge in [0.25, 0.3) is 0 Å². The quantitative estimate of drug-likeness (QED) is 0.700. The summed E-state index contributed by atoms with van der Waals surface area (Å²) < 4.78 is 5.87. The Morgan fingerprint density at radius 3 is 2.42 bits per heavy atom. The largest absolute Gasteiger partial charge is 0.445 e. The second-order valence-electron chi connectivity index (χ2n) is 5.93. The molecular formula is C16H20N2O. The van der Waals surface area contributed by atoms with Gasteiger partial charge in [-0.1, -0.05) is 33.8 Å². The van der Waals surface area contributed by atoms with Crippen LogP contribution in [0.1, 0.15) is 73.8 Å². The fourth-order valence-electron chi connectivity index (χ4n) is 2.44. The van der Waals surface area contributed by atoms with Gasteiger partial charge in [0.15, 0.2) is 5.89 Å². The number of fused-ring (bicyclic) bond motifs is 2. The van der Waals surface area contributed by atoms with Gasteiger partial charge in [0.2, 0.25) is 0 Å². The fourth-order valence-corrected chi connectivity index (χ4v) is 2.44. The summed E-state index contributed by atoms with van der Waals surface area (Å²) in [6.45, 7) is 8.57. The minimum Gasteiger partial charge on any atom is -0.445 e. The molecule has 0 saturated heterocycles. The van der Waals surface area contributed by atoms with Crippen LogP contribution in [-0.4, -0.2) is 9.97 Å². The predicted octanol–water partition coefficient (Wildman–Crippen LogP) is 3.81. The van der Waals surface area contributed by atoms with Crippen LogP contribution >= 0.6 is 0 Å². The predicted molar refractivity (Wildman–Crippen MR) is 74.5 cm³/mol. The highest BCUT2D eigenvalue weighted by Crippen LogP contribution is 2.29. The third kappa shape index (κ3) is 2.18. The molecule has 0 spiro atoms. The van der Waals surface area contributed by atoms with Crippen molar-refractivity contribution in [3.8, 4) is 0 Å². The SMILES string of the molecule is CC(C)c1ccc2c(n1)Cc1oc(C(C)C)nc1C2. The molecule has 19 heavy (non-hydrogen) atoms. The van der Waals surface area contributed by atoms with Crippen molar-refractivity contribution in [3.63, 3.8) is 0 Å². The molecule has 0 aliphatic heterocycles. The van der Waals surface area contributed by atoms with Gasteiger partial charge in [-0.15, -0.1) is 0 Å². The van der Waals surface area contributed by atoms with Crippen molar-refractivity contribution >= 4 is 0 Å². The summed E-state index contributed by atoms with van der Waals surface area (Å²) in [5.41, 5.74) is 4.70. The van der Waals surface area contributed by atoms with Crippen LogP contribution < -0.4 is 0 Å². The van der Waals surface area contributed by atoms with E-state index in [1.54, 1.807) is 0 Å². The standard InChI is InChI=1S/C16H20N2O/c1-9(2)12-6-5-11-7-14-15(8-13(11)17-12)19-16(18-14)10(3)4/h5-6,9-10H,7-8H2,1-4H3. The number of pyridine rings is 1. The zero-order valence-electron chi connectivity index (χ0n) is 12.0. The zero-order chi connectivity index (χ0) is 13.6.